The molecule has 0 aliphatic carbocycles. The van der Waals surface area contributed by atoms with Crippen LogP contribution in [0.4, 0.5) is 25.8 Å². The normalized spacial score (nSPS) is 10.4. The molecule has 0 unspecified atom stereocenters. The lowest BCUT2D eigenvalue weighted by molar-refractivity contribution is 0.620. The van der Waals surface area contributed by atoms with Crippen molar-refractivity contribution in [3.63, 3.8) is 0 Å². The summed E-state index contributed by atoms with van der Waals surface area (Å²) in [4.78, 5) is 0. The predicted octanol–water partition coefficient (Wildman–Crippen LogP) is 4.55. The van der Waals surface area contributed by atoms with Crippen molar-refractivity contribution in [1.82, 2.24) is 0 Å². The van der Waals surface area contributed by atoms with Crippen LogP contribution in [0, 0.1) is 15.2 Å². The van der Waals surface area contributed by atoms with E-state index in [1.165, 1.54) is 24.3 Å². The van der Waals surface area contributed by atoms with E-state index in [0.29, 0.717) is 14.9 Å². The zero-order chi connectivity index (χ0) is 13.3. The first kappa shape index (κ1) is 13.4. The molecule has 2 aromatic carbocycles. The molecule has 0 heterocycles. The zero-order valence-corrected chi connectivity index (χ0v) is 11.9. The Balaban J connectivity index is 2.40. The molecule has 2 rings (SSSR count). The number of anilines is 3. The molecule has 6 heteroatoms. The van der Waals surface area contributed by atoms with Crippen molar-refractivity contribution < 1.29 is 8.78 Å². The molecule has 18 heavy (non-hydrogen) atoms. The molecule has 3 N–H and O–H groups in total. The Bertz CT molecular complexity index is 605. The van der Waals surface area contributed by atoms with E-state index in [1.807, 2.05) is 22.6 Å². The third-order valence-electron chi connectivity index (χ3n) is 2.31. The first-order chi connectivity index (χ1) is 8.49. The van der Waals surface area contributed by atoms with Crippen molar-refractivity contribution in [1.29, 1.82) is 0 Å². The third-order valence-corrected chi connectivity index (χ3v) is 3.43. The minimum atomic E-state index is -0.600. The van der Waals surface area contributed by atoms with Crippen LogP contribution < -0.4 is 11.1 Å². The van der Waals surface area contributed by atoms with Gasteiger partial charge in [0.1, 0.15) is 5.82 Å². The van der Waals surface area contributed by atoms with Crippen LogP contribution in [0.15, 0.2) is 30.3 Å². The van der Waals surface area contributed by atoms with Gasteiger partial charge in [0, 0.05) is 6.07 Å². The van der Waals surface area contributed by atoms with Crippen LogP contribution in [-0.2, 0) is 0 Å². The second-order valence-electron chi connectivity index (χ2n) is 3.58. The van der Waals surface area contributed by atoms with Crippen molar-refractivity contribution in [2.75, 3.05) is 11.1 Å². The van der Waals surface area contributed by atoms with Crippen LogP contribution in [0.3, 0.4) is 0 Å². The number of nitrogens with one attached hydrogen (secondary N) is 1. The van der Waals surface area contributed by atoms with E-state index in [0.717, 1.165) is 0 Å². The highest BCUT2D eigenvalue weighted by Gasteiger charge is 2.10. The Hall–Kier alpha value is -1.08. The fourth-order valence-corrected chi connectivity index (χ4v) is 2.08. The van der Waals surface area contributed by atoms with Gasteiger partial charge in [-0.3, -0.25) is 0 Å². The highest BCUT2D eigenvalue weighted by atomic mass is 127. The summed E-state index contributed by atoms with van der Waals surface area (Å²) < 4.78 is 27.5. The monoisotopic (exact) mass is 380 g/mol. The smallest absolute Gasteiger partial charge is 0.165 e. The molecule has 0 spiro atoms. The lowest BCUT2D eigenvalue weighted by Crippen LogP contribution is -2.00. The molecular formula is C12H8ClF2IN2. The van der Waals surface area contributed by atoms with Gasteiger partial charge < -0.3 is 11.1 Å². The number of rotatable bonds is 2. The van der Waals surface area contributed by atoms with Crippen molar-refractivity contribution in [2.45, 2.75) is 0 Å². The van der Waals surface area contributed by atoms with Gasteiger partial charge in [-0.25, -0.2) is 8.78 Å². The molecule has 0 bridgehead atoms. The summed E-state index contributed by atoms with van der Waals surface area (Å²) in [6.45, 7) is 0. The highest BCUT2D eigenvalue weighted by Crippen LogP contribution is 2.30. The van der Waals surface area contributed by atoms with Gasteiger partial charge in [0.2, 0.25) is 0 Å². The molecule has 0 aromatic heterocycles. The number of halogens is 4. The van der Waals surface area contributed by atoms with Gasteiger partial charge in [-0.05, 0) is 40.8 Å². The molecule has 0 aliphatic heterocycles. The Morgan fingerprint density at radius 1 is 1.17 bits per heavy atom. The minimum absolute atomic E-state index is 0.00967. The topological polar surface area (TPSA) is 38.0 Å². The molecule has 2 nitrogen and oxygen atoms in total. The maximum Gasteiger partial charge on any atom is 0.165 e. The molecule has 0 amide bonds. The van der Waals surface area contributed by atoms with E-state index in [4.69, 9.17) is 17.3 Å². The third kappa shape index (κ3) is 2.67. The quantitative estimate of drug-likeness (QED) is 0.593. The van der Waals surface area contributed by atoms with E-state index in [-0.39, 0.29) is 10.7 Å². The number of nitrogen functional groups attached to an aromatic ring is 1. The van der Waals surface area contributed by atoms with Gasteiger partial charge >= 0.3 is 0 Å². The largest absolute Gasteiger partial charge is 0.397 e. The summed E-state index contributed by atoms with van der Waals surface area (Å²) >= 11 is 7.49. The molecule has 94 valence electrons. The summed E-state index contributed by atoms with van der Waals surface area (Å²) in [5.41, 5.74) is 6.52. The standard InChI is InChI=1S/C12H8ClF2IN2/c13-6-2-1-3-10(12(6)15)18-11-4-7(14)8(16)5-9(11)17/h1-5,18H,17H2. The second kappa shape index (κ2) is 5.27. The van der Waals surface area contributed by atoms with Crippen molar-refractivity contribution in [2.24, 2.45) is 0 Å². The lowest BCUT2D eigenvalue weighted by atomic mass is 10.2. The van der Waals surface area contributed by atoms with E-state index < -0.39 is 11.6 Å². The van der Waals surface area contributed by atoms with Gasteiger partial charge in [0.25, 0.3) is 0 Å². The molecule has 0 aliphatic rings. The average molecular weight is 381 g/mol. The van der Waals surface area contributed by atoms with Gasteiger partial charge in [-0.1, -0.05) is 17.7 Å². The van der Waals surface area contributed by atoms with E-state index in [2.05, 4.69) is 5.32 Å². The fourth-order valence-electron chi connectivity index (χ4n) is 1.42. The number of nitrogens with two attached hydrogens (primary N) is 1. The molecule has 0 saturated heterocycles. The second-order valence-corrected chi connectivity index (χ2v) is 5.15. The first-order valence-electron chi connectivity index (χ1n) is 4.94. The molecule has 2 aromatic rings. The summed E-state index contributed by atoms with van der Waals surface area (Å²) in [5, 5.41) is 2.71. The fraction of sp³-hybridized carbons (Fsp3) is 0. The average Bonchev–Trinajstić information content (AvgIpc) is 2.32. The van der Waals surface area contributed by atoms with Gasteiger partial charge in [-0.15, -0.1) is 0 Å². The minimum Gasteiger partial charge on any atom is -0.397 e. The van der Waals surface area contributed by atoms with Crippen LogP contribution in [0.5, 0.6) is 0 Å². The van der Waals surface area contributed by atoms with Crippen molar-refractivity contribution in [3.05, 3.63) is 50.6 Å². The van der Waals surface area contributed by atoms with Crippen LogP contribution in [0.25, 0.3) is 0 Å². The maximum absolute atomic E-state index is 13.7. The Morgan fingerprint density at radius 3 is 2.61 bits per heavy atom. The summed E-state index contributed by atoms with van der Waals surface area (Å²) in [6, 6.07) is 7.21. The number of hydrogen-bond acceptors (Lipinski definition) is 2. The lowest BCUT2D eigenvalue weighted by Gasteiger charge is -2.11. The van der Waals surface area contributed by atoms with E-state index >= 15 is 0 Å². The van der Waals surface area contributed by atoms with Crippen LogP contribution >= 0.6 is 34.2 Å². The first-order valence-corrected chi connectivity index (χ1v) is 6.40. The van der Waals surface area contributed by atoms with E-state index in [9.17, 15) is 8.78 Å². The number of hydrogen-bond donors (Lipinski definition) is 2. The Labute approximate surface area is 121 Å². The Morgan fingerprint density at radius 2 is 1.89 bits per heavy atom. The predicted molar refractivity (Wildman–Crippen MR) is 78.2 cm³/mol. The highest BCUT2D eigenvalue weighted by molar-refractivity contribution is 14.1. The summed E-state index contributed by atoms with van der Waals surface area (Å²) in [7, 11) is 0. The SMILES string of the molecule is Nc1cc(I)c(F)cc1Nc1cccc(Cl)c1F. The van der Waals surface area contributed by atoms with E-state index in [1.54, 1.807) is 6.07 Å². The number of benzene rings is 2. The molecule has 0 radical (unpaired) electrons. The van der Waals surface area contributed by atoms with Gasteiger partial charge in [0.15, 0.2) is 5.82 Å². The van der Waals surface area contributed by atoms with Crippen LogP contribution in [-0.4, -0.2) is 0 Å². The molecular weight excluding hydrogens is 372 g/mol. The maximum atomic E-state index is 13.7. The zero-order valence-electron chi connectivity index (χ0n) is 8.98. The summed E-state index contributed by atoms with van der Waals surface area (Å²) in [6.07, 6.45) is 0. The van der Waals surface area contributed by atoms with Crippen LogP contribution in [0.1, 0.15) is 0 Å². The molecule has 0 atom stereocenters. The summed E-state index contributed by atoms with van der Waals surface area (Å²) in [5.74, 6) is -1.02. The van der Waals surface area contributed by atoms with Crippen LogP contribution in [0.2, 0.25) is 5.02 Å². The molecule has 0 saturated carbocycles. The van der Waals surface area contributed by atoms with Gasteiger partial charge in [0.05, 0.1) is 25.7 Å². The van der Waals surface area contributed by atoms with Gasteiger partial charge in [-0.2, -0.15) is 0 Å². The van der Waals surface area contributed by atoms with Crippen molar-refractivity contribution in [3.8, 4) is 0 Å². The molecule has 0 fully saturated rings. The van der Waals surface area contributed by atoms with Crippen molar-refractivity contribution >= 4 is 51.3 Å². The Kier molecular flexibility index (Phi) is 3.91.